The molecule has 5 rings (SSSR count). The van der Waals surface area contributed by atoms with Crippen molar-refractivity contribution in [3.05, 3.63) is 101 Å². The average molecular weight is 556 g/mol. The molecule has 40 heavy (non-hydrogen) atoms. The van der Waals surface area contributed by atoms with Gasteiger partial charge in [-0.3, -0.25) is 0 Å². The molecule has 0 aromatic heterocycles. The Balaban J connectivity index is 1.21. The van der Waals surface area contributed by atoms with E-state index in [1.165, 1.54) is 53.1 Å². The molecule has 1 heterocycles. The lowest BCUT2D eigenvalue weighted by Crippen LogP contribution is -2.44. The third kappa shape index (κ3) is 6.49. The zero-order valence-corrected chi connectivity index (χ0v) is 24.5. The Labute approximate surface area is 240 Å². The van der Waals surface area contributed by atoms with Crippen LogP contribution >= 0.6 is 0 Å². The number of benzene rings is 3. The molecule has 3 aromatic carbocycles. The molecule has 0 amide bonds. The van der Waals surface area contributed by atoms with Crippen LogP contribution in [-0.2, 0) is 28.3 Å². The number of likely N-dealkylation sites (tertiary alicyclic amines) is 1. The lowest BCUT2D eigenvalue weighted by molar-refractivity contribution is 0.158. The number of rotatable bonds is 11. The molecule has 0 N–H and O–H groups in total. The summed E-state index contributed by atoms with van der Waals surface area (Å²) in [4.78, 5) is 2.84. The number of aryl methyl sites for hydroxylation is 2. The van der Waals surface area contributed by atoms with E-state index < -0.39 is 10.0 Å². The summed E-state index contributed by atoms with van der Waals surface area (Å²) in [5.41, 5.74) is 4.37. The van der Waals surface area contributed by atoms with Crippen molar-refractivity contribution in [2.24, 2.45) is 5.92 Å². The van der Waals surface area contributed by atoms with Crippen molar-refractivity contribution in [3.63, 3.8) is 0 Å². The lowest BCUT2D eigenvalue weighted by Gasteiger charge is -2.38. The third-order valence-corrected chi connectivity index (χ3v) is 11.0. The Hall–Kier alpha value is -2.98. The molecule has 1 saturated heterocycles. The van der Waals surface area contributed by atoms with E-state index in [9.17, 15) is 8.42 Å². The maximum atomic E-state index is 13.5. The van der Waals surface area contributed by atoms with Crippen molar-refractivity contribution in [3.8, 4) is 6.07 Å². The summed E-state index contributed by atoms with van der Waals surface area (Å²) in [5, 5.41) is 9.11. The van der Waals surface area contributed by atoms with Gasteiger partial charge in [-0.1, -0.05) is 61.0 Å². The summed E-state index contributed by atoms with van der Waals surface area (Å²) < 4.78 is 28.6. The molecule has 1 atom stereocenters. The molecule has 1 aliphatic carbocycles. The number of hydrogen-bond donors (Lipinski definition) is 0. The highest BCUT2D eigenvalue weighted by atomic mass is 32.2. The van der Waals surface area contributed by atoms with E-state index in [1.807, 2.05) is 0 Å². The van der Waals surface area contributed by atoms with Crippen molar-refractivity contribution in [1.82, 2.24) is 9.21 Å². The summed E-state index contributed by atoms with van der Waals surface area (Å²) >= 11 is 0. The van der Waals surface area contributed by atoms with Gasteiger partial charge < -0.3 is 4.90 Å². The van der Waals surface area contributed by atoms with Crippen LogP contribution in [0.3, 0.4) is 0 Å². The molecule has 3 aromatic rings. The fourth-order valence-electron chi connectivity index (χ4n) is 6.77. The van der Waals surface area contributed by atoms with Gasteiger partial charge in [-0.05, 0) is 111 Å². The van der Waals surface area contributed by atoms with E-state index in [2.05, 4.69) is 65.6 Å². The standard InChI is InChI=1S/C34H41N3O2S/c1-36(40(38,39)32-16-14-30(26-35)15-17-32)27-34(21-18-31-12-5-6-13-33(31)34)22-25-37-23-19-29(20-24-37)11-7-10-28-8-3-2-4-9-28/h2-6,8-9,12-17,29H,7,10-11,18-25,27H2,1H3. The lowest BCUT2D eigenvalue weighted by atomic mass is 9.78. The van der Waals surface area contributed by atoms with Gasteiger partial charge in [0.2, 0.25) is 10.0 Å². The van der Waals surface area contributed by atoms with Crippen LogP contribution in [0.4, 0.5) is 0 Å². The summed E-state index contributed by atoms with van der Waals surface area (Å²) in [5.74, 6) is 0.810. The minimum atomic E-state index is -3.66. The van der Waals surface area contributed by atoms with Gasteiger partial charge in [0.25, 0.3) is 0 Å². The molecule has 2 aliphatic rings. The predicted octanol–water partition coefficient (Wildman–Crippen LogP) is 6.19. The number of nitriles is 1. The Kier molecular flexibility index (Phi) is 9.05. The zero-order chi connectivity index (χ0) is 28.0. The molecule has 1 unspecified atom stereocenters. The highest BCUT2D eigenvalue weighted by Gasteiger charge is 2.41. The van der Waals surface area contributed by atoms with Crippen molar-refractivity contribution < 1.29 is 8.42 Å². The zero-order valence-electron chi connectivity index (χ0n) is 23.6. The first kappa shape index (κ1) is 28.5. The second-order valence-corrected chi connectivity index (χ2v) is 13.8. The van der Waals surface area contributed by atoms with Crippen LogP contribution < -0.4 is 0 Å². The normalized spacial score (nSPS) is 19.9. The van der Waals surface area contributed by atoms with Gasteiger partial charge in [0.15, 0.2) is 0 Å². The highest BCUT2D eigenvalue weighted by molar-refractivity contribution is 7.89. The van der Waals surface area contributed by atoms with Crippen molar-refractivity contribution in [1.29, 1.82) is 5.26 Å². The number of nitrogens with zero attached hydrogens (tertiary/aromatic N) is 3. The monoisotopic (exact) mass is 555 g/mol. The summed E-state index contributed by atoms with van der Waals surface area (Å²) in [7, 11) is -1.96. The van der Waals surface area contributed by atoms with E-state index in [-0.39, 0.29) is 10.3 Å². The molecule has 0 saturated carbocycles. The first-order valence-corrected chi connectivity index (χ1v) is 16.1. The van der Waals surface area contributed by atoms with E-state index in [4.69, 9.17) is 5.26 Å². The summed E-state index contributed by atoms with van der Waals surface area (Å²) in [6.07, 6.45) is 9.15. The molecule has 210 valence electrons. The van der Waals surface area contributed by atoms with Crippen LogP contribution in [0.5, 0.6) is 0 Å². The van der Waals surface area contributed by atoms with Crippen molar-refractivity contribution >= 4 is 10.0 Å². The molecule has 0 radical (unpaired) electrons. The Morgan fingerprint density at radius 1 is 0.975 bits per heavy atom. The second kappa shape index (κ2) is 12.7. The predicted molar refractivity (Wildman–Crippen MR) is 161 cm³/mol. The largest absolute Gasteiger partial charge is 0.303 e. The van der Waals surface area contributed by atoms with Crippen LogP contribution in [-0.4, -0.2) is 50.8 Å². The summed E-state index contributed by atoms with van der Waals surface area (Å²) in [6, 6.07) is 27.7. The van der Waals surface area contributed by atoms with E-state index in [0.29, 0.717) is 12.1 Å². The van der Waals surface area contributed by atoms with Crippen LogP contribution in [0.1, 0.15) is 60.8 Å². The van der Waals surface area contributed by atoms with Crippen LogP contribution in [0.2, 0.25) is 0 Å². The second-order valence-electron chi connectivity index (χ2n) is 11.7. The fourth-order valence-corrected chi connectivity index (χ4v) is 8.03. The van der Waals surface area contributed by atoms with E-state index in [1.54, 1.807) is 31.3 Å². The van der Waals surface area contributed by atoms with Gasteiger partial charge >= 0.3 is 0 Å². The van der Waals surface area contributed by atoms with Gasteiger partial charge in [0.05, 0.1) is 16.5 Å². The van der Waals surface area contributed by atoms with Gasteiger partial charge in [-0.25, -0.2) is 12.7 Å². The molecule has 6 heteroatoms. The van der Waals surface area contributed by atoms with Crippen LogP contribution in [0.25, 0.3) is 0 Å². The van der Waals surface area contributed by atoms with Crippen molar-refractivity contribution in [2.45, 2.75) is 61.7 Å². The first-order valence-electron chi connectivity index (χ1n) is 14.7. The molecular formula is C34H41N3O2S. The van der Waals surface area contributed by atoms with Crippen molar-refractivity contribution in [2.75, 3.05) is 33.2 Å². The Morgan fingerprint density at radius 3 is 2.40 bits per heavy atom. The molecule has 1 fully saturated rings. The average Bonchev–Trinajstić information content (AvgIpc) is 3.35. The molecular weight excluding hydrogens is 514 g/mol. The molecule has 0 spiro atoms. The maximum Gasteiger partial charge on any atom is 0.242 e. The van der Waals surface area contributed by atoms with Crippen LogP contribution in [0, 0.1) is 17.2 Å². The van der Waals surface area contributed by atoms with Gasteiger partial charge in [0, 0.05) is 19.0 Å². The minimum Gasteiger partial charge on any atom is -0.303 e. The van der Waals surface area contributed by atoms with Gasteiger partial charge in [0.1, 0.15) is 0 Å². The molecule has 1 aliphatic heterocycles. The number of piperidine rings is 1. The molecule has 5 nitrogen and oxygen atoms in total. The van der Waals surface area contributed by atoms with Crippen LogP contribution in [0.15, 0.2) is 83.8 Å². The topological polar surface area (TPSA) is 64.4 Å². The third-order valence-electron chi connectivity index (χ3n) is 9.21. The van der Waals surface area contributed by atoms with Gasteiger partial charge in [-0.15, -0.1) is 0 Å². The fraction of sp³-hybridized carbons (Fsp3) is 0.441. The smallest absolute Gasteiger partial charge is 0.242 e. The van der Waals surface area contributed by atoms with E-state index >= 15 is 0 Å². The van der Waals surface area contributed by atoms with Gasteiger partial charge in [-0.2, -0.15) is 5.26 Å². The quantitative estimate of drug-likeness (QED) is 0.283. The number of likely N-dealkylation sites (N-methyl/N-ethyl adjacent to an activating group) is 1. The number of sulfonamides is 1. The summed E-state index contributed by atoms with van der Waals surface area (Å²) in [6.45, 7) is 3.72. The Morgan fingerprint density at radius 2 is 1.68 bits per heavy atom. The highest BCUT2D eigenvalue weighted by Crippen LogP contribution is 2.43. The SMILES string of the molecule is CN(CC1(CCN2CCC(CCCc3ccccc3)CC2)CCc2ccccc21)S(=O)(=O)c1ccc(C#N)cc1. The maximum absolute atomic E-state index is 13.5. The first-order chi connectivity index (χ1) is 19.4. The van der Waals surface area contributed by atoms with E-state index in [0.717, 1.165) is 44.8 Å². The number of hydrogen-bond acceptors (Lipinski definition) is 4. The number of fused-ring (bicyclic) bond motifs is 1. The Bertz CT molecular complexity index is 1410. The molecule has 0 bridgehead atoms. The minimum absolute atomic E-state index is 0.197.